The molecule has 7 nitrogen and oxygen atoms in total. The molecule has 1 N–H and O–H groups in total. The lowest BCUT2D eigenvalue weighted by Crippen LogP contribution is -2.35. The van der Waals surface area contributed by atoms with Gasteiger partial charge in [0.15, 0.2) is 0 Å². The molecule has 1 aliphatic heterocycles. The number of amides is 4. The fourth-order valence-electron chi connectivity index (χ4n) is 3.02. The zero-order valence-electron chi connectivity index (χ0n) is 15.9. The van der Waals surface area contributed by atoms with Crippen molar-refractivity contribution in [1.29, 1.82) is 0 Å². The normalized spacial score (nSPS) is 12.6. The Morgan fingerprint density at radius 3 is 2.37 bits per heavy atom. The number of likely N-dealkylation sites (N-methyl/N-ethyl adjacent to an activating group) is 1. The minimum absolute atomic E-state index is 0.0836. The predicted molar refractivity (Wildman–Crippen MR) is 114 cm³/mol. The monoisotopic (exact) mass is 445 g/mol. The molecule has 1 heterocycles. The number of fused-ring (bicyclic) bond motifs is 1. The van der Waals surface area contributed by atoms with E-state index in [2.05, 4.69) is 11.9 Å². The first-order chi connectivity index (χ1) is 14.2. The molecule has 0 unspecified atom stereocenters. The fraction of sp³-hybridized carbons (Fsp3) is 0.143. The van der Waals surface area contributed by atoms with Crippen molar-refractivity contribution in [3.05, 3.63) is 75.8 Å². The van der Waals surface area contributed by atoms with Gasteiger partial charge in [-0.2, -0.15) is 0 Å². The molecule has 0 spiro atoms. The minimum atomic E-state index is -0.495. The molecule has 3 rings (SSSR count). The molecule has 4 amide bonds. The van der Waals surface area contributed by atoms with E-state index in [-0.39, 0.29) is 45.5 Å². The maximum atomic E-state index is 12.7. The maximum absolute atomic E-state index is 12.7. The van der Waals surface area contributed by atoms with Crippen LogP contribution < -0.4 is 5.32 Å². The number of halogens is 2. The van der Waals surface area contributed by atoms with E-state index in [1.807, 2.05) is 0 Å². The number of hydrogen-bond acceptors (Lipinski definition) is 4. The van der Waals surface area contributed by atoms with Crippen molar-refractivity contribution >= 4 is 52.5 Å². The van der Waals surface area contributed by atoms with E-state index in [1.165, 1.54) is 36.2 Å². The summed E-state index contributed by atoms with van der Waals surface area (Å²) in [5.41, 5.74) is 0.817. The standard InChI is InChI=1S/C21H17Cl2N3O4/c1-3-9-26-20(29)13-8-7-12(10-14(13)21(26)30)19(28)25(2)11-17(27)24-18-15(22)5-4-6-16(18)23/h3-8,10H,1,9,11H2,2H3,(H,24,27). The lowest BCUT2D eigenvalue weighted by atomic mass is 10.0. The maximum Gasteiger partial charge on any atom is 0.261 e. The van der Waals surface area contributed by atoms with Crippen molar-refractivity contribution in [2.75, 3.05) is 25.5 Å². The quantitative estimate of drug-likeness (QED) is 0.544. The number of para-hydroxylation sites is 1. The number of hydrogen-bond donors (Lipinski definition) is 1. The molecule has 2 aromatic rings. The highest BCUT2D eigenvalue weighted by Crippen LogP contribution is 2.29. The first-order valence-electron chi connectivity index (χ1n) is 8.85. The summed E-state index contributed by atoms with van der Waals surface area (Å²) in [4.78, 5) is 52.0. The first-order valence-corrected chi connectivity index (χ1v) is 9.60. The molecular weight excluding hydrogens is 429 g/mol. The van der Waals surface area contributed by atoms with Crippen LogP contribution in [0.25, 0.3) is 0 Å². The average Bonchev–Trinajstić information content (AvgIpc) is 2.95. The lowest BCUT2D eigenvalue weighted by Gasteiger charge is -2.18. The second-order valence-electron chi connectivity index (χ2n) is 6.58. The van der Waals surface area contributed by atoms with Crippen LogP contribution in [-0.2, 0) is 4.79 Å². The van der Waals surface area contributed by atoms with Crippen molar-refractivity contribution in [3.63, 3.8) is 0 Å². The highest BCUT2D eigenvalue weighted by molar-refractivity contribution is 6.39. The van der Waals surface area contributed by atoms with Gasteiger partial charge in [0.05, 0.1) is 33.4 Å². The zero-order chi connectivity index (χ0) is 22.0. The van der Waals surface area contributed by atoms with E-state index in [1.54, 1.807) is 18.2 Å². The molecule has 0 saturated carbocycles. The summed E-state index contributed by atoms with van der Waals surface area (Å²) in [7, 11) is 1.44. The van der Waals surface area contributed by atoms with E-state index in [9.17, 15) is 19.2 Å². The third-order valence-electron chi connectivity index (χ3n) is 4.48. The first kappa shape index (κ1) is 21.5. The van der Waals surface area contributed by atoms with Crippen LogP contribution in [0.5, 0.6) is 0 Å². The highest BCUT2D eigenvalue weighted by atomic mass is 35.5. The summed E-state index contributed by atoms with van der Waals surface area (Å²) in [5.74, 6) is -1.90. The van der Waals surface area contributed by atoms with Gasteiger partial charge < -0.3 is 10.2 Å². The smallest absolute Gasteiger partial charge is 0.261 e. The van der Waals surface area contributed by atoms with E-state index < -0.39 is 23.6 Å². The van der Waals surface area contributed by atoms with E-state index in [0.29, 0.717) is 0 Å². The van der Waals surface area contributed by atoms with Crippen LogP contribution in [0.1, 0.15) is 31.1 Å². The lowest BCUT2D eigenvalue weighted by molar-refractivity contribution is -0.116. The molecule has 1 aliphatic rings. The van der Waals surface area contributed by atoms with E-state index in [4.69, 9.17) is 23.2 Å². The molecule has 0 aromatic heterocycles. The number of benzene rings is 2. The number of carbonyl (C=O) groups is 4. The number of rotatable bonds is 6. The van der Waals surface area contributed by atoms with Crippen molar-refractivity contribution in [2.45, 2.75) is 0 Å². The number of nitrogens with zero attached hydrogens (tertiary/aromatic N) is 2. The topological polar surface area (TPSA) is 86.8 Å². The van der Waals surface area contributed by atoms with E-state index >= 15 is 0 Å². The summed E-state index contributed by atoms with van der Waals surface area (Å²) in [6, 6.07) is 9.05. The van der Waals surface area contributed by atoms with Gasteiger partial charge in [0.1, 0.15) is 0 Å². The molecule has 0 aliphatic carbocycles. The number of anilines is 1. The van der Waals surface area contributed by atoms with Gasteiger partial charge in [0.25, 0.3) is 17.7 Å². The molecule has 0 radical (unpaired) electrons. The predicted octanol–water partition coefficient (Wildman–Crippen LogP) is 3.49. The highest BCUT2D eigenvalue weighted by Gasteiger charge is 2.35. The Morgan fingerprint density at radius 2 is 1.73 bits per heavy atom. The largest absolute Gasteiger partial charge is 0.332 e. The van der Waals surface area contributed by atoms with Crippen LogP contribution >= 0.6 is 23.2 Å². The Balaban J connectivity index is 1.73. The molecule has 2 aromatic carbocycles. The second-order valence-corrected chi connectivity index (χ2v) is 7.39. The molecule has 154 valence electrons. The molecule has 0 saturated heterocycles. The van der Waals surface area contributed by atoms with Gasteiger partial charge in [0, 0.05) is 19.2 Å². The Labute approximate surface area is 182 Å². The second kappa shape index (κ2) is 8.69. The van der Waals surface area contributed by atoms with Crippen molar-refractivity contribution < 1.29 is 19.2 Å². The summed E-state index contributed by atoms with van der Waals surface area (Å²) in [6.07, 6.45) is 1.45. The average molecular weight is 446 g/mol. The van der Waals surface area contributed by atoms with Crippen molar-refractivity contribution in [2.24, 2.45) is 0 Å². The summed E-state index contributed by atoms with van der Waals surface area (Å²) < 4.78 is 0. The summed E-state index contributed by atoms with van der Waals surface area (Å²) in [5, 5.41) is 3.13. The van der Waals surface area contributed by atoms with Crippen LogP contribution in [-0.4, -0.2) is 53.6 Å². The molecule has 0 bridgehead atoms. The van der Waals surface area contributed by atoms with Crippen LogP contribution in [0.4, 0.5) is 5.69 Å². The Kier molecular flexibility index (Phi) is 6.24. The van der Waals surface area contributed by atoms with Crippen LogP contribution in [0, 0.1) is 0 Å². The van der Waals surface area contributed by atoms with Crippen LogP contribution in [0.2, 0.25) is 10.0 Å². The van der Waals surface area contributed by atoms with Gasteiger partial charge in [-0.3, -0.25) is 24.1 Å². The van der Waals surface area contributed by atoms with E-state index in [0.717, 1.165) is 4.90 Å². The number of carbonyl (C=O) groups excluding carboxylic acids is 4. The van der Waals surface area contributed by atoms with Gasteiger partial charge in [-0.15, -0.1) is 6.58 Å². The Hall–Kier alpha value is -3.16. The van der Waals surface area contributed by atoms with Gasteiger partial charge >= 0.3 is 0 Å². The zero-order valence-corrected chi connectivity index (χ0v) is 17.5. The molecule has 30 heavy (non-hydrogen) atoms. The Bertz CT molecular complexity index is 1060. The third kappa shape index (κ3) is 4.08. The summed E-state index contributed by atoms with van der Waals surface area (Å²) >= 11 is 12.1. The third-order valence-corrected chi connectivity index (χ3v) is 5.11. The van der Waals surface area contributed by atoms with Gasteiger partial charge in [0.2, 0.25) is 5.91 Å². The van der Waals surface area contributed by atoms with Crippen LogP contribution in [0.15, 0.2) is 49.1 Å². The fourth-order valence-corrected chi connectivity index (χ4v) is 3.51. The van der Waals surface area contributed by atoms with Gasteiger partial charge in [-0.1, -0.05) is 35.3 Å². The van der Waals surface area contributed by atoms with Gasteiger partial charge in [-0.25, -0.2) is 0 Å². The molecule has 9 heteroatoms. The number of nitrogens with one attached hydrogen (secondary N) is 1. The Morgan fingerprint density at radius 1 is 1.10 bits per heavy atom. The molecular formula is C21H17Cl2N3O4. The van der Waals surface area contributed by atoms with Crippen molar-refractivity contribution in [3.8, 4) is 0 Å². The molecule has 0 fully saturated rings. The van der Waals surface area contributed by atoms with Gasteiger partial charge in [-0.05, 0) is 30.3 Å². The SMILES string of the molecule is C=CCN1C(=O)c2ccc(C(=O)N(C)CC(=O)Nc3c(Cl)cccc3Cl)cc2C1=O. The number of imide groups is 1. The van der Waals surface area contributed by atoms with Crippen LogP contribution in [0.3, 0.4) is 0 Å². The molecule has 0 atom stereocenters. The van der Waals surface area contributed by atoms with Crippen molar-refractivity contribution in [1.82, 2.24) is 9.80 Å². The summed E-state index contributed by atoms with van der Waals surface area (Å²) in [6.45, 7) is 3.34. The minimum Gasteiger partial charge on any atom is -0.332 e.